The second kappa shape index (κ2) is 12.0. The van der Waals surface area contributed by atoms with Crippen LogP contribution >= 0.6 is 0 Å². The van der Waals surface area contributed by atoms with Crippen molar-refractivity contribution in [3.63, 3.8) is 0 Å². The number of fused-ring (bicyclic) bond motifs is 1. The lowest BCUT2D eigenvalue weighted by atomic mass is 9.82. The molecule has 1 aliphatic rings. The van der Waals surface area contributed by atoms with Crippen LogP contribution in [-0.4, -0.2) is 57.5 Å². The first-order valence-corrected chi connectivity index (χ1v) is 12.8. The molecule has 9 nitrogen and oxygen atoms in total. The smallest absolute Gasteiger partial charge is 0.404 e. The van der Waals surface area contributed by atoms with Gasteiger partial charge in [0.15, 0.2) is 0 Å². The molecule has 0 aliphatic heterocycles. The van der Waals surface area contributed by atoms with Crippen LogP contribution in [0.4, 0.5) is 4.79 Å². The third kappa shape index (κ3) is 6.95. The number of benzene rings is 1. The lowest BCUT2D eigenvalue weighted by molar-refractivity contribution is 0.0575. The Hall–Kier alpha value is -3.72. The van der Waals surface area contributed by atoms with E-state index in [1.807, 2.05) is 30.3 Å². The summed E-state index contributed by atoms with van der Waals surface area (Å²) < 4.78 is 5.64. The van der Waals surface area contributed by atoms with Crippen LogP contribution in [-0.2, 0) is 0 Å². The van der Waals surface area contributed by atoms with Gasteiger partial charge >= 0.3 is 6.09 Å². The number of hydrogen-bond acceptors (Lipinski definition) is 6. The molecule has 1 fully saturated rings. The third-order valence-corrected chi connectivity index (χ3v) is 7.04. The largest absolute Gasteiger partial charge is 0.472 e. The Morgan fingerprint density at radius 2 is 1.70 bits per heavy atom. The Bertz CT molecular complexity index is 1220. The molecule has 2 unspecified atom stereocenters. The lowest BCUT2D eigenvalue weighted by Crippen LogP contribution is -2.34. The van der Waals surface area contributed by atoms with Crippen LogP contribution in [0.2, 0.25) is 0 Å². The number of carbonyl (C=O) groups is 2. The number of aliphatic hydroxyl groups excluding tert-OH is 1. The van der Waals surface area contributed by atoms with Crippen LogP contribution in [0.1, 0.15) is 49.9 Å². The van der Waals surface area contributed by atoms with Crippen molar-refractivity contribution in [2.45, 2.75) is 51.7 Å². The van der Waals surface area contributed by atoms with E-state index >= 15 is 0 Å². The molecule has 2 heterocycles. The molecule has 2 amide bonds. The summed E-state index contributed by atoms with van der Waals surface area (Å²) in [4.78, 5) is 33.1. The Morgan fingerprint density at radius 1 is 1.03 bits per heavy atom. The molecule has 4 rings (SSSR count). The zero-order chi connectivity index (χ0) is 26.4. The van der Waals surface area contributed by atoms with Crippen molar-refractivity contribution >= 4 is 22.9 Å². The maximum absolute atomic E-state index is 13.3. The van der Waals surface area contributed by atoms with E-state index in [4.69, 9.17) is 14.8 Å². The highest BCUT2D eigenvalue weighted by Gasteiger charge is 2.23. The Kier molecular flexibility index (Phi) is 8.55. The highest BCUT2D eigenvalue weighted by Crippen LogP contribution is 2.29. The molecule has 196 valence electrons. The van der Waals surface area contributed by atoms with Crippen molar-refractivity contribution in [2.75, 3.05) is 13.1 Å². The average Bonchev–Trinajstić information content (AvgIpc) is 2.90. The number of ether oxygens (including phenoxy) is 1. The molecule has 4 N–H and O–H groups in total. The number of rotatable bonds is 9. The van der Waals surface area contributed by atoms with Gasteiger partial charge in [-0.2, -0.15) is 0 Å². The molecule has 1 aromatic carbocycles. The zero-order valence-electron chi connectivity index (χ0n) is 21.2. The molecule has 1 saturated carbocycles. The summed E-state index contributed by atoms with van der Waals surface area (Å²) >= 11 is 0. The van der Waals surface area contributed by atoms with E-state index in [0.717, 1.165) is 42.1 Å². The summed E-state index contributed by atoms with van der Waals surface area (Å²) in [6.45, 7) is 4.51. The van der Waals surface area contributed by atoms with Crippen LogP contribution in [0.25, 0.3) is 22.2 Å². The van der Waals surface area contributed by atoms with Gasteiger partial charge in [-0.1, -0.05) is 18.2 Å². The summed E-state index contributed by atoms with van der Waals surface area (Å²) in [6, 6.07) is 12.9. The molecule has 1 aliphatic carbocycles. The van der Waals surface area contributed by atoms with Gasteiger partial charge in [-0.3, -0.25) is 4.79 Å². The fraction of sp³-hybridized carbons (Fsp3) is 0.429. The van der Waals surface area contributed by atoms with E-state index in [1.54, 1.807) is 32.2 Å². The van der Waals surface area contributed by atoms with E-state index in [0.29, 0.717) is 42.1 Å². The molecular formula is C28H34N4O5. The van der Waals surface area contributed by atoms with Gasteiger partial charge < -0.3 is 25.6 Å². The molecule has 3 aromatic rings. The molecule has 2 aromatic heterocycles. The van der Waals surface area contributed by atoms with Gasteiger partial charge in [0.25, 0.3) is 5.91 Å². The molecule has 0 bridgehead atoms. The van der Waals surface area contributed by atoms with Crippen LogP contribution in [0.3, 0.4) is 0 Å². The molecule has 0 spiro atoms. The van der Waals surface area contributed by atoms with Gasteiger partial charge in [0.2, 0.25) is 5.88 Å². The number of nitrogens with one attached hydrogen (secondary N) is 2. The van der Waals surface area contributed by atoms with Gasteiger partial charge in [0.1, 0.15) is 6.10 Å². The summed E-state index contributed by atoms with van der Waals surface area (Å²) in [6.07, 6.45) is 3.49. The van der Waals surface area contributed by atoms with Crippen LogP contribution < -0.4 is 15.4 Å². The summed E-state index contributed by atoms with van der Waals surface area (Å²) in [5.41, 5.74) is 2.67. The number of para-hydroxylation sites is 1. The summed E-state index contributed by atoms with van der Waals surface area (Å²) in [5, 5.41) is 24.8. The van der Waals surface area contributed by atoms with Gasteiger partial charge in [-0.05, 0) is 69.6 Å². The highest BCUT2D eigenvalue weighted by atomic mass is 16.5. The van der Waals surface area contributed by atoms with Crippen LogP contribution in [0.15, 0.2) is 48.7 Å². The van der Waals surface area contributed by atoms with Gasteiger partial charge in [0, 0.05) is 36.3 Å². The molecular weight excluding hydrogens is 472 g/mol. The summed E-state index contributed by atoms with van der Waals surface area (Å²) in [7, 11) is 0. The Labute approximate surface area is 216 Å². The average molecular weight is 507 g/mol. The first-order valence-electron chi connectivity index (χ1n) is 12.8. The maximum Gasteiger partial charge on any atom is 0.404 e. The van der Waals surface area contributed by atoms with Crippen molar-refractivity contribution in [3.05, 3.63) is 54.2 Å². The van der Waals surface area contributed by atoms with Gasteiger partial charge in [-0.15, -0.1) is 0 Å². The topological polar surface area (TPSA) is 134 Å². The molecule has 0 radical (unpaired) electrons. The van der Waals surface area contributed by atoms with Crippen molar-refractivity contribution in [2.24, 2.45) is 11.8 Å². The minimum Gasteiger partial charge on any atom is -0.472 e. The van der Waals surface area contributed by atoms with E-state index in [9.17, 15) is 14.7 Å². The predicted molar refractivity (Wildman–Crippen MR) is 141 cm³/mol. The quantitative estimate of drug-likeness (QED) is 0.341. The predicted octanol–water partition coefficient (Wildman–Crippen LogP) is 4.25. The van der Waals surface area contributed by atoms with Crippen LogP contribution in [0.5, 0.6) is 5.88 Å². The Balaban J connectivity index is 1.45. The molecule has 0 saturated heterocycles. The van der Waals surface area contributed by atoms with E-state index in [-0.39, 0.29) is 12.0 Å². The fourth-order valence-electron chi connectivity index (χ4n) is 4.61. The van der Waals surface area contributed by atoms with Gasteiger partial charge in [-0.25, -0.2) is 14.8 Å². The number of aliphatic hydroxyl groups is 1. The normalized spacial score (nSPS) is 19.1. The molecule has 37 heavy (non-hydrogen) atoms. The second-order valence-electron chi connectivity index (χ2n) is 9.80. The van der Waals surface area contributed by atoms with Crippen molar-refractivity contribution < 1.29 is 24.5 Å². The zero-order valence-corrected chi connectivity index (χ0v) is 21.2. The molecule has 2 atom stereocenters. The fourth-order valence-corrected chi connectivity index (χ4v) is 4.61. The second-order valence-corrected chi connectivity index (χ2v) is 9.80. The number of hydrogen-bond donors (Lipinski definition) is 4. The lowest BCUT2D eigenvalue weighted by Gasteiger charge is -2.28. The standard InChI is InChI=1S/C28H34N4O5/c1-17(33)18(2)37-26-12-11-21(16-29-26)25-13-23(22-5-3-4-6-24(22)32-25)27(34)30-14-19-7-9-20(10-8-19)15-31-28(35)36/h3-6,11-13,16-20,31,33H,7-10,14-15H2,1-2H3,(H,30,34)(H,35,36)/t17?,18?,19-,20-. The number of aromatic nitrogens is 2. The van der Waals surface area contributed by atoms with E-state index in [1.165, 1.54) is 0 Å². The van der Waals surface area contributed by atoms with E-state index in [2.05, 4.69) is 15.6 Å². The van der Waals surface area contributed by atoms with Crippen molar-refractivity contribution in [1.82, 2.24) is 20.6 Å². The number of nitrogens with zero attached hydrogens (tertiary/aromatic N) is 2. The summed E-state index contributed by atoms with van der Waals surface area (Å²) in [5.74, 6) is 0.992. The third-order valence-electron chi connectivity index (χ3n) is 7.04. The minimum absolute atomic E-state index is 0.145. The number of amides is 2. The number of carboxylic acid groups (broad SMARTS) is 1. The SMILES string of the molecule is CC(O)C(C)Oc1ccc(-c2cc(C(=O)NC[C@H]3CC[C@H](CNC(=O)O)CC3)c3ccccc3n2)cn1. The van der Waals surface area contributed by atoms with E-state index < -0.39 is 12.2 Å². The minimum atomic E-state index is -0.982. The Morgan fingerprint density at radius 3 is 2.32 bits per heavy atom. The monoisotopic (exact) mass is 506 g/mol. The van der Waals surface area contributed by atoms with Crippen molar-refractivity contribution in [1.29, 1.82) is 0 Å². The number of pyridine rings is 2. The first kappa shape index (κ1) is 26.3. The number of carbonyl (C=O) groups excluding carboxylic acids is 1. The van der Waals surface area contributed by atoms with Crippen LogP contribution in [0, 0.1) is 11.8 Å². The maximum atomic E-state index is 13.3. The highest BCUT2D eigenvalue weighted by molar-refractivity contribution is 6.07. The van der Waals surface area contributed by atoms with Crippen molar-refractivity contribution in [3.8, 4) is 17.1 Å². The van der Waals surface area contributed by atoms with Gasteiger partial charge in [0.05, 0.1) is 22.9 Å². The first-order chi connectivity index (χ1) is 17.8. The molecule has 9 heteroatoms.